The Labute approximate surface area is 127 Å². The predicted molar refractivity (Wildman–Crippen MR) is 79.3 cm³/mol. The average molecular weight is 304 g/mol. The summed E-state index contributed by atoms with van der Waals surface area (Å²) in [7, 11) is 3.03. The van der Waals surface area contributed by atoms with Crippen molar-refractivity contribution in [2.45, 2.75) is 0 Å². The Bertz CT molecular complexity index is 652. The molecule has 0 fully saturated rings. The topological polar surface area (TPSA) is 89.6 Å². The Hall–Kier alpha value is -2.96. The number of hydrogen-bond acceptors (Lipinski definition) is 5. The maximum Gasteiger partial charge on any atom is 0.355 e. The van der Waals surface area contributed by atoms with Crippen molar-refractivity contribution in [3.05, 3.63) is 42.2 Å². The fourth-order valence-electron chi connectivity index (χ4n) is 1.78. The maximum absolute atomic E-state index is 11.8. The number of methoxy groups -OCH3 is 2. The average Bonchev–Trinajstić information content (AvgIpc) is 3.07. The highest BCUT2D eigenvalue weighted by atomic mass is 16.5. The summed E-state index contributed by atoms with van der Waals surface area (Å²) in [5.41, 5.74) is 0.803. The van der Waals surface area contributed by atoms with Gasteiger partial charge < -0.3 is 24.5 Å². The molecule has 0 aliphatic carbocycles. The summed E-state index contributed by atoms with van der Waals surface area (Å²) in [6.45, 7) is -0.383. The van der Waals surface area contributed by atoms with Crippen molar-refractivity contribution in [2.24, 2.45) is 0 Å². The molecule has 0 saturated carbocycles. The van der Waals surface area contributed by atoms with Crippen LogP contribution in [0.3, 0.4) is 0 Å². The van der Waals surface area contributed by atoms with E-state index in [1.54, 1.807) is 36.5 Å². The lowest BCUT2D eigenvalue weighted by Crippen LogP contribution is -2.21. The second kappa shape index (κ2) is 7.16. The first-order chi connectivity index (χ1) is 10.6. The largest absolute Gasteiger partial charge is 0.493 e. The van der Waals surface area contributed by atoms with Crippen LogP contribution < -0.4 is 14.8 Å². The summed E-state index contributed by atoms with van der Waals surface area (Å²) in [5.74, 6) is 0.00180. The normalized spacial score (nSPS) is 9.91. The molecule has 1 amide bonds. The van der Waals surface area contributed by atoms with E-state index in [9.17, 15) is 9.59 Å². The minimum atomic E-state index is -0.590. The number of anilines is 1. The summed E-state index contributed by atoms with van der Waals surface area (Å²) in [6.07, 6.45) is 1.60. The number of ether oxygens (including phenoxy) is 3. The van der Waals surface area contributed by atoms with Crippen LogP contribution in [0.15, 0.2) is 36.5 Å². The van der Waals surface area contributed by atoms with Gasteiger partial charge in [0.2, 0.25) is 0 Å². The first-order valence-corrected chi connectivity index (χ1v) is 6.46. The van der Waals surface area contributed by atoms with Crippen LogP contribution in [0.25, 0.3) is 0 Å². The van der Waals surface area contributed by atoms with E-state index in [-0.39, 0.29) is 6.61 Å². The molecule has 0 unspecified atom stereocenters. The second-order valence-corrected chi connectivity index (χ2v) is 4.28. The van der Waals surface area contributed by atoms with E-state index >= 15 is 0 Å². The number of amides is 1. The highest BCUT2D eigenvalue weighted by Gasteiger charge is 2.12. The third-order valence-corrected chi connectivity index (χ3v) is 2.82. The molecule has 2 rings (SSSR count). The van der Waals surface area contributed by atoms with Crippen molar-refractivity contribution in [2.75, 3.05) is 26.1 Å². The molecule has 0 aliphatic rings. The van der Waals surface area contributed by atoms with Crippen LogP contribution in [0.2, 0.25) is 0 Å². The van der Waals surface area contributed by atoms with Crippen LogP contribution in [-0.4, -0.2) is 37.7 Å². The molecule has 1 aromatic heterocycles. The van der Waals surface area contributed by atoms with Crippen molar-refractivity contribution in [1.29, 1.82) is 0 Å². The van der Waals surface area contributed by atoms with E-state index in [0.717, 1.165) is 0 Å². The van der Waals surface area contributed by atoms with Gasteiger partial charge in [0.25, 0.3) is 5.91 Å². The van der Waals surface area contributed by atoms with Crippen LogP contribution >= 0.6 is 0 Å². The molecule has 2 N–H and O–H groups in total. The van der Waals surface area contributed by atoms with E-state index in [1.165, 1.54) is 14.2 Å². The van der Waals surface area contributed by atoms with Crippen molar-refractivity contribution >= 4 is 17.6 Å². The van der Waals surface area contributed by atoms with E-state index in [2.05, 4.69) is 10.3 Å². The Morgan fingerprint density at radius 1 is 1.14 bits per heavy atom. The van der Waals surface area contributed by atoms with Crippen LogP contribution in [0, 0.1) is 0 Å². The third-order valence-electron chi connectivity index (χ3n) is 2.82. The Kier molecular flexibility index (Phi) is 5.02. The molecule has 22 heavy (non-hydrogen) atoms. The zero-order chi connectivity index (χ0) is 15.9. The standard InChI is InChI=1S/C15H16N2O5/c1-20-12-6-5-10(8-13(12)21-2)17-14(18)9-22-15(19)11-4-3-7-16-11/h3-8,16H,9H2,1-2H3,(H,17,18). The van der Waals surface area contributed by atoms with E-state index < -0.39 is 11.9 Å². The number of rotatable bonds is 6. The molecule has 116 valence electrons. The van der Waals surface area contributed by atoms with Crippen LogP contribution in [0.4, 0.5) is 5.69 Å². The van der Waals surface area contributed by atoms with Gasteiger partial charge >= 0.3 is 5.97 Å². The SMILES string of the molecule is COc1ccc(NC(=O)COC(=O)c2ccc[nH]2)cc1OC. The molecule has 0 radical (unpaired) electrons. The number of carbonyl (C=O) groups excluding carboxylic acids is 2. The number of H-pyrrole nitrogens is 1. The van der Waals surface area contributed by atoms with Gasteiger partial charge in [-0.15, -0.1) is 0 Å². The number of hydrogen-bond donors (Lipinski definition) is 2. The Morgan fingerprint density at radius 3 is 2.55 bits per heavy atom. The van der Waals surface area contributed by atoms with E-state index in [4.69, 9.17) is 14.2 Å². The summed E-state index contributed by atoms with van der Waals surface area (Å²) in [5, 5.41) is 2.61. The van der Waals surface area contributed by atoms with Gasteiger partial charge in [0.05, 0.1) is 14.2 Å². The van der Waals surface area contributed by atoms with Gasteiger partial charge in [0.15, 0.2) is 18.1 Å². The van der Waals surface area contributed by atoms with Crippen molar-refractivity contribution in [1.82, 2.24) is 4.98 Å². The summed E-state index contributed by atoms with van der Waals surface area (Å²) >= 11 is 0. The monoisotopic (exact) mass is 304 g/mol. The molecule has 1 aromatic carbocycles. The molecule has 0 bridgehead atoms. The van der Waals surface area contributed by atoms with Crippen molar-refractivity contribution < 1.29 is 23.8 Å². The maximum atomic E-state index is 11.8. The van der Waals surface area contributed by atoms with Gasteiger partial charge in [0.1, 0.15) is 5.69 Å². The van der Waals surface area contributed by atoms with Gasteiger partial charge in [-0.2, -0.15) is 0 Å². The molecule has 2 aromatic rings. The molecule has 1 heterocycles. The molecule has 7 nitrogen and oxygen atoms in total. The van der Waals surface area contributed by atoms with Crippen LogP contribution in [0.1, 0.15) is 10.5 Å². The highest BCUT2D eigenvalue weighted by Crippen LogP contribution is 2.29. The van der Waals surface area contributed by atoms with Gasteiger partial charge in [0, 0.05) is 18.0 Å². The van der Waals surface area contributed by atoms with Gasteiger partial charge in [-0.3, -0.25) is 4.79 Å². The third kappa shape index (κ3) is 3.78. The molecule has 0 spiro atoms. The molecule has 0 atom stereocenters. The summed E-state index contributed by atoms with van der Waals surface area (Å²) in [6, 6.07) is 8.17. The van der Waals surface area contributed by atoms with Gasteiger partial charge in [-0.05, 0) is 24.3 Å². The van der Waals surface area contributed by atoms with Crippen molar-refractivity contribution in [3.8, 4) is 11.5 Å². The highest BCUT2D eigenvalue weighted by molar-refractivity contribution is 5.95. The number of aromatic nitrogens is 1. The van der Waals surface area contributed by atoms with E-state index in [1.807, 2.05) is 0 Å². The zero-order valence-corrected chi connectivity index (χ0v) is 12.2. The van der Waals surface area contributed by atoms with Crippen molar-refractivity contribution in [3.63, 3.8) is 0 Å². The minimum absolute atomic E-state index is 0.291. The lowest BCUT2D eigenvalue weighted by atomic mass is 10.2. The van der Waals surface area contributed by atoms with Crippen LogP contribution in [-0.2, 0) is 9.53 Å². The molecular formula is C15H16N2O5. The number of aromatic amines is 1. The fourth-order valence-corrected chi connectivity index (χ4v) is 1.78. The first-order valence-electron chi connectivity index (χ1n) is 6.46. The second-order valence-electron chi connectivity index (χ2n) is 4.28. The van der Waals surface area contributed by atoms with Gasteiger partial charge in [-0.25, -0.2) is 4.79 Å². The first kappa shape index (κ1) is 15.4. The van der Waals surface area contributed by atoms with E-state index in [0.29, 0.717) is 22.9 Å². The molecular weight excluding hydrogens is 288 g/mol. The number of benzene rings is 1. The molecule has 0 saturated heterocycles. The smallest absolute Gasteiger partial charge is 0.355 e. The molecule has 0 aliphatic heterocycles. The summed E-state index contributed by atoms with van der Waals surface area (Å²) < 4.78 is 15.1. The predicted octanol–water partition coefficient (Wildman–Crippen LogP) is 1.83. The number of esters is 1. The Balaban J connectivity index is 1.90. The number of carbonyl (C=O) groups is 2. The lowest BCUT2D eigenvalue weighted by molar-refractivity contribution is -0.119. The fraction of sp³-hybridized carbons (Fsp3) is 0.200. The Morgan fingerprint density at radius 2 is 1.91 bits per heavy atom. The summed E-state index contributed by atoms with van der Waals surface area (Å²) in [4.78, 5) is 26.0. The van der Waals surface area contributed by atoms with Crippen LogP contribution in [0.5, 0.6) is 11.5 Å². The molecule has 7 heteroatoms. The lowest BCUT2D eigenvalue weighted by Gasteiger charge is -2.10. The minimum Gasteiger partial charge on any atom is -0.493 e. The zero-order valence-electron chi connectivity index (χ0n) is 12.2. The van der Waals surface area contributed by atoms with Gasteiger partial charge in [-0.1, -0.05) is 0 Å². The number of nitrogens with one attached hydrogen (secondary N) is 2. The quantitative estimate of drug-likeness (QED) is 0.795.